The lowest BCUT2D eigenvalue weighted by molar-refractivity contribution is 0.340. The Morgan fingerprint density at radius 3 is 2.44 bits per heavy atom. The molecule has 0 aromatic heterocycles. The van der Waals surface area contributed by atoms with Crippen LogP contribution in [0.5, 0.6) is 5.75 Å². The zero-order valence-corrected chi connectivity index (χ0v) is 10.5. The number of hydrogen-bond acceptors (Lipinski definition) is 2. The normalized spacial score (nSPS) is 10.4. The molecule has 0 fully saturated rings. The average molecular weight is 221 g/mol. The first-order valence-corrected chi connectivity index (χ1v) is 6.29. The summed E-state index contributed by atoms with van der Waals surface area (Å²) in [6, 6.07) is 8.38. The summed E-state index contributed by atoms with van der Waals surface area (Å²) in [6.45, 7) is 7.15. The monoisotopic (exact) mass is 221 g/mol. The highest BCUT2D eigenvalue weighted by atomic mass is 16.5. The Labute approximate surface area is 99.0 Å². The third-order valence-corrected chi connectivity index (χ3v) is 2.53. The molecule has 2 nitrogen and oxygen atoms in total. The van der Waals surface area contributed by atoms with Gasteiger partial charge in [0.1, 0.15) is 5.75 Å². The Bertz CT molecular complexity index is 269. The molecule has 0 heterocycles. The van der Waals surface area contributed by atoms with Gasteiger partial charge in [-0.3, -0.25) is 0 Å². The molecule has 90 valence electrons. The molecule has 1 N–H and O–H groups in total. The van der Waals surface area contributed by atoms with Crippen LogP contribution in [-0.2, 0) is 6.42 Å². The van der Waals surface area contributed by atoms with Crippen LogP contribution in [0.2, 0.25) is 0 Å². The van der Waals surface area contributed by atoms with Crippen molar-refractivity contribution in [2.75, 3.05) is 19.7 Å². The van der Waals surface area contributed by atoms with Gasteiger partial charge in [0.2, 0.25) is 0 Å². The zero-order valence-electron chi connectivity index (χ0n) is 10.5. The highest BCUT2D eigenvalue weighted by Gasteiger charge is 1.94. The van der Waals surface area contributed by atoms with Crippen LogP contribution in [0, 0.1) is 0 Å². The van der Waals surface area contributed by atoms with E-state index in [4.69, 9.17) is 4.74 Å². The highest BCUT2D eigenvalue weighted by molar-refractivity contribution is 5.27. The minimum absolute atomic E-state index is 0.734. The molecule has 0 aliphatic rings. The van der Waals surface area contributed by atoms with Gasteiger partial charge in [-0.2, -0.15) is 0 Å². The highest BCUT2D eigenvalue weighted by Crippen LogP contribution is 2.12. The number of nitrogens with one attached hydrogen (secondary N) is 1. The first kappa shape index (κ1) is 13.0. The second-order valence-electron chi connectivity index (χ2n) is 3.93. The van der Waals surface area contributed by atoms with Crippen molar-refractivity contribution in [1.82, 2.24) is 5.32 Å². The standard InChI is InChI=1S/C14H23NO/c1-3-5-11-15-12-10-13-6-8-14(9-7-13)16-4-2/h6-9,15H,3-5,10-12H2,1-2H3. The lowest BCUT2D eigenvalue weighted by Crippen LogP contribution is -2.18. The molecule has 0 aliphatic carbocycles. The van der Waals surface area contributed by atoms with Crippen molar-refractivity contribution < 1.29 is 4.74 Å². The van der Waals surface area contributed by atoms with E-state index in [0.29, 0.717) is 0 Å². The zero-order chi connectivity index (χ0) is 11.6. The van der Waals surface area contributed by atoms with E-state index in [1.54, 1.807) is 0 Å². The lowest BCUT2D eigenvalue weighted by Gasteiger charge is -2.06. The fourth-order valence-corrected chi connectivity index (χ4v) is 1.58. The van der Waals surface area contributed by atoms with Gasteiger partial charge in [0.05, 0.1) is 6.61 Å². The predicted molar refractivity (Wildman–Crippen MR) is 69.1 cm³/mol. The summed E-state index contributed by atoms with van der Waals surface area (Å²) in [7, 11) is 0. The number of ether oxygens (including phenoxy) is 1. The first-order valence-electron chi connectivity index (χ1n) is 6.29. The van der Waals surface area contributed by atoms with E-state index in [9.17, 15) is 0 Å². The second kappa shape index (κ2) is 8.17. The summed E-state index contributed by atoms with van der Waals surface area (Å²) in [5.74, 6) is 0.963. The van der Waals surface area contributed by atoms with E-state index in [2.05, 4.69) is 24.4 Å². The number of hydrogen-bond donors (Lipinski definition) is 1. The molecule has 0 atom stereocenters. The molecule has 0 amide bonds. The molecular weight excluding hydrogens is 198 g/mol. The molecule has 0 spiro atoms. The minimum Gasteiger partial charge on any atom is -0.494 e. The Kier molecular flexibility index (Phi) is 6.66. The van der Waals surface area contributed by atoms with Gasteiger partial charge in [-0.05, 0) is 50.6 Å². The molecule has 0 radical (unpaired) electrons. The first-order chi connectivity index (χ1) is 7.86. The fraction of sp³-hybridized carbons (Fsp3) is 0.571. The molecule has 2 heteroatoms. The Morgan fingerprint density at radius 2 is 1.81 bits per heavy atom. The van der Waals surface area contributed by atoms with Crippen LogP contribution in [-0.4, -0.2) is 19.7 Å². The summed E-state index contributed by atoms with van der Waals surface area (Å²) in [6.07, 6.45) is 3.62. The number of rotatable bonds is 8. The summed E-state index contributed by atoms with van der Waals surface area (Å²) in [5.41, 5.74) is 1.37. The molecule has 1 aromatic rings. The van der Waals surface area contributed by atoms with Crippen molar-refractivity contribution in [3.8, 4) is 5.75 Å². The SMILES string of the molecule is CCCCNCCc1ccc(OCC)cc1. The van der Waals surface area contributed by atoms with Gasteiger partial charge < -0.3 is 10.1 Å². The van der Waals surface area contributed by atoms with Gasteiger partial charge >= 0.3 is 0 Å². The van der Waals surface area contributed by atoms with Crippen LogP contribution < -0.4 is 10.1 Å². The molecule has 1 rings (SSSR count). The molecule has 0 bridgehead atoms. The minimum atomic E-state index is 0.734. The molecule has 16 heavy (non-hydrogen) atoms. The maximum absolute atomic E-state index is 5.40. The van der Waals surface area contributed by atoms with E-state index in [-0.39, 0.29) is 0 Å². The summed E-state index contributed by atoms with van der Waals surface area (Å²) >= 11 is 0. The van der Waals surface area contributed by atoms with E-state index in [1.165, 1.54) is 18.4 Å². The Balaban J connectivity index is 2.21. The van der Waals surface area contributed by atoms with Gasteiger partial charge in [-0.25, -0.2) is 0 Å². The van der Waals surface area contributed by atoms with E-state index in [1.807, 2.05) is 19.1 Å². The summed E-state index contributed by atoms with van der Waals surface area (Å²) < 4.78 is 5.40. The van der Waals surface area contributed by atoms with Gasteiger partial charge in [-0.1, -0.05) is 25.5 Å². The van der Waals surface area contributed by atoms with Crippen LogP contribution in [0.3, 0.4) is 0 Å². The molecular formula is C14H23NO. The fourth-order valence-electron chi connectivity index (χ4n) is 1.58. The van der Waals surface area contributed by atoms with Crippen molar-refractivity contribution in [3.63, 3.8) is 0 Å². The van der Waals surface area contributed by atoms with Crippen LogP contribution in [0.25, 0.3) is 0 Å². The van der Waals surface area contributed by atoms with Crippen molar-refractivity contribution in [3.05, 3.63) is 29.8 Å². The molecule has 1 aromatic carbocycles. The van der Waals surface area contributed by atoms with E-state index in [0.717, 1.165) is 31.9 Å². The second-order valence-corrected chi connectivity index (χ2v) is 3.93. The van der Waals surface area contributed by atoms with Crippen LogP contribution in [0.1, 0.15) is 32.3 Å². The largest absolute Gasteiger partial charge is 0.494 e. The molecule has 0 unspecified atom stereocenters. The van der Waals surface area contributed by atoms with Crippen molar-refractivity contribution in [2.24, 2.45) is 0 Å². The Morgan fingerprint density at radius 1 is 1.06 bits per heavy atom. The van der Waals surface area contributed by atoms with Crippen LogP contribution in [0.15, 0.2) is 24.3 Å². The van der Waals surface area contributed by atoms with Gasteiger partial charge in [0.25, 0.3) is 0 Å². The third-order valence-electron chi connectivity index (χ3n) is 2.53. The summed E-state index contributed by atoms with van der Waals surface area (Å²) in [5, 5.41) is 3.44. The van der Waals surface area contributed by atoms with Crippen molar-refractivity contribution in [1.29, 1.82) is 0 Å². The Hall–Kier alpha value is -1.02. The molecule has 0 saturated carbocycles. The molecule has 0 saturated heterocycles. The van der Waals surface area contributed by atoms with Crippen LogP contribution in [0.4, 0.5) is 0 Å². The smallest absolute Gasteiger partial charge is 0.119 e. The van der Waals surface area contributed by atoms with Gasteiger partial charge in [0, 0.05) is 0 Å². The van der Waals surface area contributed by atoms with Crippen molar-refractivity contribution >= 4 is 0 Å². The quantitative estimate of drug-likeness (QED) is 0.681. The maximum Gasteiger partial charge on any atom is 0.119 e. The molecule has 0 aliphatic heterocycles. The number of unbranched alkanes of at least 4 members (excludes halogenated alkanes) is 1. The average Bonchev–Trinajstić information content (AvgIpc) is 2.31. The summed E-state index contributed by atoms with van der Waals surface area (Å²) in [4.78, 5) is 0. The third kappa shape index (κ3) is 5.17. The lowest BCUT2D eigenvalue weighted by atomic mass is 10.1. The van der Waals surface area contributed by atoms with E-state index < -0.39 is 0 Å². The van der Waals surface area contributed by atoms with Crippen LogP contribution >= 0.6 is 0 Å². The number of benzene rings is 1. The van der Waals surface area contributed by atoms with Crippen molar-refractivity contribution in [2.45, 2.75) is 33.1 Å². The van der Waals surface area contributed by atoms with Gasteiger partial charge in [-0.15, -0.1) is 0 Å². The van der Waals surface area contributed by atoms with Gasteiger partial charge in [0.15, 0.2) is 0 Å². The van der Waals surface area contributed by atoms with E-state index >= 15 is 0 Å². The topological polar surface area (TPSA) is 21.3 Å². The maximum atomic E-state index is 5.40. The predicted octanol–water partition coefficient (Wildman–Crippen LogP) is 3.02.